The van der Waals surface area contributed by atoms with Gasteiger partial charge in [0.25, 0.3) is 0 Å². The third kappa shape index (κ3) is 3.03. The summed E-state index contributed by atoms with van der Waals surface area (Å²) in [6.07, 6.45) is 5.15. The van der Waals surface area contributed by atoms with Crippen LogP contribution in [0.2, 0.25) is 5.02 Å². The maximum atomic E-state index is 12.5. The molecule has 24 heavy (non-hydrogen) atoms. The van der Waals surface area contributed by atoms with Gasteiger partial charge in [-0.1, -0.05) is 11.6 Å². The van der Waals surface area contributed by atoms with Gasteiger partial charge in [0.1, 0.15) is 0 Å². The second-order valence-corrected chi connectivity index (χ2v) is 7.42. The predicted octanol–water partition coefficient (Wildman–Crippen LogP) is 4.19. The summed E-state index contributed by atoms with van der Waals surface area (Å²) in [5.74, 6) is -0.236. The molecule has 1 aromatic heterocycles. The lowest BCUT2D eigenvalue weighted by molar-refractivity contribution is -0.0304. The van der Waals surface area contributed by atoms with Gasteiger partial charge in [0.2, 0.25) is 0 Å². The van der Waals surface area contributed by atoms with E-state index in [1.54, 1.807) is 6.20 Å². The number of ether oxygens (including phenoxy) is 1. The Morgan fingerprint density at radius 3 is 2.62 bits per heavy atom. The van der Waals surface area contributed by atoms with Gasteiger partial charge >= 0.3 is 5.97 Å². The molecule has 3 fully saturated rings. The minimum absolute atomic E-state index is 0. The number of H-pyrrole nitrogens is 1. The van der Waals surface area contributed by atoms with Crippen LogP contribution >= 0.6 is 24.0 Å². The summed E-state index contributed by atoms with van der Waals surface area (Å²) in [6, 6.07) is 3.81. The van der Waals surface area contributed by atoms with Crippen LogP contribution in [0, 0.1) is 12.3 Å². The highest BCUT2D eigenvalue weighted by molar-refractivity contribution is 6.32. The van der Waals surface area contributed by atoms with Gasteiger partial charge in [-0.3, -0.25) is 0 Å². The van der Waals surface area contributed by atoms with Crippen LogP contribution in [0.25, 0.3) is 10.9 Å². The Kier molecular flexibility index (Phi) is 4.82. The number of halogens is 2. The number of carbonyl (C=O) groups is 1. The third-order valence-corrected chi connectivity index (χ3v) is 5.97. The minimum atomic E-state index is -0.236. The van der Waals surface area contributed by atoms with E-state index < -0.39 is 0 Å². The van der Waals surface area contributed by atoms with Gasteiger partial charge in [-0.15, -0.1) is 12.4 Å². The average molecular weight is 369 g/mol. The molecule has 4 heterocycles. The maximum absolute atomic E-state index is 12.5. The molecule has 0 unspecified atom stereocenters. The molecule has 3 aliphatic heterocycles. The number of aromatic amines is 1. The predicted molar refractivity (Wildman–Crippen MR) is 98.3 cm³/mol. The number of carbonyl (C=O) groups excluding carboxylic acids is 1. The van der Waals surface area contributed by atoms with E-state index >= 15 is 0 Å². The van der Waals surface area contributed by atoms with Gasteiger partial charge in [0.05, 0.1) is 12.2 Å². The number of fused-ring (bicyclic) bond motifs is 4. The number of hydrogen-bond acceptors (Lipinski definition) is 3. The molecular formula is C18H22Cl2N2O2. The largest absolute Gasteiger partial charge is 0.461 e. The van der Waals surface area contributed by atoms with Crippen molar-refractivity contribution in [3.8, 4) is 0 Å². The lowest BCUT2D eigenvalue weighted by Crippen LogP contribution is -2.50. The number of nitrogens with one attached hydrogen (secondary N) is 1. The Bertz CT molecular complexity index is 750. The quantitative estimate of drug-likeness (QED) is 0.825. The van der Waals surface area contributed by atoms with Crippen molar-refractivity contribution in [3.63, 3.8) is 0 Å². The first-order valence-corrected chi connectivity index (χ1v) is 8.61. The topological polar surface area (TPSA) is 45.3 Å². The van der Waals surface area contributed by atoms with Crippen molar-refractivity contribution < 1.29 is 9.53 Å². The summed E-state index contributed by atoms with van der Waals surface area (Å²) < 4.78 is 5.71. The van der Waals surface area contributed by atoms with Gasteiger partial charge in [-0.25, -0.2) is 4.79 Å². The highest BCUT2D eigenvalue weighted by Gasteiger charge is 2.40. The van der Waals surface area contributed by atoms with Crippen molar-refractivity contribution in [2.24, 2.45) is 5.41 Å². The summed E-state index contributed by atoms with van der Waals surface area (Å²) in [5.41, 5.74) is 2.64. The molecule has 2 aromatic rings. The van der Waals surface area contributed by atoms with E-state index in [-0.39, 0.29) is 23.8 Å². The number of hydrogen-bond donors (Lipinski definition) is 1. The van der Waals surface area contributed by atoms with Crippen LogP contribution in [0.4, 0.5) is 0 Å². The molecule has 0 saturated carbocycles. The van der Waals surface area contributed by atoms with Gasteiger partial charge < -0.3 is 14.6 Å². The minimum Gasteiger partial charge on any atom is -0.461 e. The van der Waals surface area contributed by atoms with Crippen LogP contribution in [0.1, 0.15) is 35.2 Å². The molecule has 0 spiro atoms. The monoisotopic (exact) mass is 368 g/mol. The number of esters is 1. The molecule has 0 aliphatic carbocycles. The van der Waals surface area contributed by atoms with E-state index in [1.165, 1.54) is 0 Å². The summed E-state index contributed by atoms with van der Waals surface area (Å²) >= 11 is 6.14. The number of aryl methyl sites for hydroxylation is 1. The molecule has 0 atom stereocenters. The molecule has 2 bridgehead atoms. The summed E-state index contributed by atoms with van der Waals surface area (Å²) in [7, 11) is 0. The van der Waals surface area contributed by atoms with Crippen LogP contribution in [-0.2, 0) is 4.74 Å². The van der Waals surface area contributed by atoms with Crippen molar-refractivity contribution in [2.45, 2.75) is 26.2 Å². The Morgan fingerprint density at radius 1 is 1.29 bits per heavy atom. The maximum Gasteiger partial charge on any atom is 0.340 e. The first kappa shape index (κ1) is 17.6. The van der Waals surface area contributed by atoms with E-state index in [1.807, 2.05) is 19.1 Å². The highest BCUT2D eigenvalue weighted by atomic mass is 35.5. The highest BCUT2D eigenvalue weighted by Crippen LogP contribution is 2.40. The number of nitrogens with zero attached hydrogens (tertiary/aromatic N) is 1. The molecule has 6 heteroatoms. The van der Waals surface area contributed by atoms with Crippen molar-refractivity contribution >= 4 is 40.9 Å². The fourth-order valence-corrected chi connectivity index (χ4v) is 3.99. The zero-order chi connectivity index (χ0) is 16.0. The fourth-order valence-electron chi connectivity index (χ4n) is 3.83. The number of piperidine rings is 3. The second-order valence-electron chi connectivity index (χ2n) is 7.02. The van der Waals surface area contributed by atoms with Gasteiger partial charge in [0, 0.05) is 27.5 Å². The van der Waals surface area contributed by atoms with Crippen molar-refractivity contribution in [2.75, 3.05) is 26.2 Å². The lowest BCUT2D eigenvalue weighted by atomic mass is 9.73. The zero-order valence-electron chi connectivity index (χ0n) is 13.7. The van der Waals surface area contributed by atoms with E-state index in [4.69, 9.17) is 16.3 Å². The normalized spacial score (nSPS) is 25.5. The van der Waals surface area contributed by atoms with Gasteiger partial charge in [-0.05, 0) is 63.5 Å². The molecular weight excluding hydrogens is 347 g/mol. The molecule has 130 valence electrons. The zero-order valence-corrected chi connectivity index (χ0v) is 15.3. The van der Waals surface area contributed by atoms with Crippen LogP contribution in [0.15, 0.2) is 18.3 Å². The number of benzene rings is 1. The SMILES string of the molecule is Cc1cc2c(C(=O)OCC34CCN(CC3)CC4)c[nH]c2cc1Cl.Cl. The third-order valence-electron chi connectivity index (χ3n) is 5.57. The van der Waals surface area contributed by atoms with Crippen LogP contribution in [-0.4, -0.2) is 42.1 Å². The fraction of sp³-hybridized carbons (Fsp3) is 0.500. The van der Waals surface area contributed by atoms with E-state index in [0.29, 0.717) is 17.2 Å². The average Bonchev–Trinajstić information content (AvgIpc) is 2.98. The molecule has 1 N–H and O–H groups in total. The molecule has 1 aromatic carbocycles. The molecule has 0 amide bonds. The van der Waals surface area contributed by atoms with E-state index in [9.17, 15) is 4.79 Å². The number of rotatable bonds is 3. The number of aromatic nitrogens is 1. The smallest absolute Gasteiger partial charge is 0.340 e. The molecule has 4 nitrogen and oxygen atoms in total. The summed E-state index contributed by atoms with van der Waals surface area (Å²) in [6.45, 7) is 5.91. The van der Waals surface area contributed by atoms with Gasteiger partial charge in [0.15, 0.2) is 0 Å². The van der Waals surface area contributed by atoms with Crippen LogP contribution < -0.4 is 0 Å². The first-order chi connectivity index (χ1) is 11.1. The second kappa shape index (κ2) is 6.58. The standard InChI is InChI=1S/C18H21ClN2O2.ClH/c1-12-8-13-14(10-20-16(13)9-15(12)19)17(22)23-11-18-2-5-21(6-3-18)7-4-18;/h8-10,20H,2-7,11H2,1H3;1H. The Hall–Kier alpha value is -1.23. The summed E-state index contributed by atoms with van der Waals surface area (Å²) in [5, 5.41) is 1.58. The molecule has 0 radical (unpaired) electrons. The van der Waals surface area contributed by atoms with Crippen molar-refractivity contribution in [1.29, 1.82) is 0 Å². The summed E-state index contributed by atoms with van der Waals surface area (Å²) in [4.78, 5) is 18.2. The lowest BCUT2D eigenvalue weighted by Gasteiger charge is -2.47. The molecule has 3 aliphatic rings. The van der Waals surface area contributed by atoms with E-state index in [0.717, 1.165) is 55.4 Å². The molecule has 5 rings (SSSR count). The Labute approximate surface area is 152 Å². The van der Waals surface area contributed by atoms with Crippen molar-refractivity contribution in [3.05, 3.63) is 34.5 Å². The Balaban J connectivity index is 0.00000169. The van der Waals surface area contributed by atoms with Crippen LogP contribution in [0.3, 0.4) is 0 Å². The molecule has 3 saturated heterocycles. The van der Waals surface area contributed by atoms with E-state index in [2.05, 4.69) is 9.88 Å². The van der Waals surface area contributed by atoms with Crippen molar-refractivity contribution in [1.82, 2.24) is 9.88 Å². The Morgan fingerprint density at radius 2 is 1.96 bits per heavy atom. The van der Waals surface area contributed by atoms with Gasteiger partial charge in [-0.2, -0.15) is 0 Å². The van der Waals surface area contributed by atoms with Crippen LogP contribution in [0.5, 0.6) is 0 Å². The first-order valence-electron chi connectivity index (χ1n) is 8.23.